The van der Waals surface area contributed by atoms with Gasteiger partial charge in [-0.1, -0.05) is 47.7 Å². The van der Waals surface area contributed by atoms with Crippen LogP contribution >= 0.6 is 11.8 Å². The van der Waals surface area contributed by atoms with Gasteiger partial charge in [-0.3, -0.25) is 4.57 Å². The topological polar surface area (TPSA) is 127 Å². The van der Waals surface area contributed by atoms with Gasteiger partial charge in [0.25, 0.3) is 0 Å². The van der Waals surface area contributed by atoms with Gasteiger partial charge in [0.1, 0.15) is 17.9 Å². The first kappa shape index (κ1) is 21.3. The number of aliphatic hydroxyl groups excluding tert-OH is 1. The Labute approximate surface area is 204 Å². The number of aromatic nitrogens is 4. The number of hydrogen-bond donors (Lipinski definition) is 2. The van der Waals surface area contributed by atoms with E-state index in [1.807, 2.05) is 18.2 Å². The van der Waals surface area contributed by atoms with E-state index in [0.717, 1.165) is 20.8 Å². The number of nitrogens with two attached hydrogens (primary N) is 1. The summed E-state index contributed by atoms with van der Waals surface area (Å²) in [5.41, 5.74) is 8.87. The minimum absolute atomic E-state index is 0.228. The summed E-state index contributed by atoms with van der Waals surface area (Å²) in [5.74, 6) is 0.280. The molecule has 7 rings (SSSR count). The summed E-state index contributed by atoms with van der Waals surface area (Å²) in [4.78, 5) is 14.9. The Hall–Kier alpha value is -3.00. The van der Waals surface area contributed by atoms with Crippen molar-refractivity contribution in [1.29, 1.82) is 0 Å². The molecule has 3 N–H and O–H groups in total. The van der Waals surface area contributed by atoms with Gasteiger partial charge in [-0.25, -0.2) is 15.0 Å². The third-order valence-corrected chi connectivity index (χ3v) is 7.73. The Morgan fingerprint density at radius 2 is 1.91 bits per heavy atom. The normalized spacial score (nSPS) is 29.2. The van der Waals surface area contributed by atoms with Crippen molar-refractivity contribution >= 4 is 41.0 Å². The zero-order valence-corrected chi connectivity index (χ0v) is 19.2. The molecule has 4 aromatic rings. The highest BCUT2D eigenvalue weighted by molar-refractivity contribution is 7.99. The molecule has 0 bridgehead atoms. The van der Waals surface area contributed by atoms with Crippen molar-refractivity contribution in [3.63, 3.8) is 0 Å². The molecule has 2 fully saturated rings. The van der Waals surface area contributed by atoms with Gasteiger partial charge in [0.2, 0.25) is 0 Å². The lowest BCUT2D eigenvalue weighted by Crippen LogP contribution is -2.51. The summed E-state index contributed by atoms with van der Waals surface area (Å²) < 4.78 is 27.1. The van der Waals surface area contributed by atoms with E-state index in [9.17, 15) is 5.11 Å². The molecule has 5 heterocycles. The second-order valence-electron chi connectivity index (χ2n) is 8.76. The highest BCUT2D eigenvalue weighted by Crippen LogP contribution is 2.44. The van der Waals surface area contributed by atoms with Crippen molar-refractivity contribution < 1.29 is 23.8 Å². The summed E-state index contributed by atoms with van der Waals surface area (Å²) in [6.45, 7) is -2.05. The number of benzene rings is 2. The number of imidazole rings is 1. The fourth-order valence-electron chi connectivity index (χ4n) is 5.13. The number of anilines is 1. The maximum absolute atomic E-state index is 10.1. The molecular weight excluding hydrogens is 469 g/mol. The van der Waals surface area contributed by atoms with Gasteiger partial charge in [0.05, 0.1) is 25.1 Å². The molecule has 35 heavy (non-hydrogen) atoms. The molecule has 0 aliphatic carbocycles. The molecule has 2 aromatic carbocycles. The molecule has 12 heteroatoms. The number of nitrogens with zero attached hydrogens (tertiary/aromatic N) is 4. The first-order valence-electron chi connectivity index (χ1n) is 11.3. The van der Waals surface area contributed by atoms with Crippen LogP contribution in [0.15, 0.2) is 71.0 Å². The second kappa shape index (κ2) is 8.02. The summed E-state index contributed by atoms with van der Waals surface area (Å²) in [7, 11) is 0. The van der Waals surface area contributed by atoms with Crippen LogP contribution in [0.3, 0.4) is 0 Å². The zero-order chi connectivity index (χ0) is 23.6. The Morgan fingerprint density at radius 1 is 1.06 bits per heavy atom. The lowest BCUT2D eigenvalue weighted by Gasteiger charge is -2.34. The van der Waals surface area contributed by atoms with E-state index in [1.165, 1.54) is 6.33 Å². The number of hydrogen-bond acceptors (Lipinski definition) is 10. The van der Waals surface area contributed by atoms with E-state index in [4.69, 9.17) is 24.4 Å². The summed E-state index contributed by atoms with van der Waals surface area (Å²) in [6.07, 6.45) is 0.669. The minimum atomic E-state index is -2.21. The van der Waals surface area contributed by atoms with Crippen LogP contribution in [-0.4, -0.2) is 56.3 Å². The van der Waals surface area contributed by atoms with Gasteiger partial charge >= 0.3 is 6.75 Å². The SMILES string of the molecule is Nc1ncnc2c1ncn2[C@@H]1O[C@H](CO)[C@@H]2O[B-]3(OCc4ccc(Sc5ccccc5)cc43)OC21. The Morgan fingerprint density at radius 3 is 2.77 bits per heavy atom. The predicted molar refractivity (Wildman–Crippen MR) is 128 cm³/mol. The van der Waals surface area contributed by atoms with Crippen LogP contribution in [0.25, 0.3) is 11.2 Å². The lowest BCUT2D eigenvalue weighted by atomic mass is 9.70. The van der Waals surface area contributed by atoms with Gasteiger partial charge in [0, 0.05) is 16.4 Å². The zero-order valence-electron chi connectivity index (χ0n) is 18.4. The van der Waals surface area contributed by atoms with E-state index in [2.05, 4.69) is 45.3 Å². The van der Waals surface area contributed by atoms with Gasteiger partial charge in [0.15, 0.2) is 17.7 Å². The Balaban J connectivity index is 1.24. The summed E-state index contributed by atoms with van der Waals surface area (Å²) in [6, 6.07) is 16.4. The largest absolute Gasteiger partial charge is 0.537 e. The molecule has 3 aliphatic heterocycles. The maximum atomic E-state index is 10.1. The van der Waals surface area contributed by atoms with Crippen LogP contribution in [0.1, 0.15) is 11.8 Å². The average molecular weight is 490 g/mol. The van der Waals surface area contributed by atoms with Crippen molar-refractivity contribution in [3.05, 3.63) is 66.7 Å². The van der Waals surface area contributed by atoms with Gasteiger partial charge < -0.3 is 29.5 Å². The van der Waals surface area contributed by atoms with Crippen molar-refractivity contribution in [2.24, 2.45) is 0 Å². The van der Waals surface area contributed by atoms with Gasteiger partial charge in [-0.15, -0.1) is 5.46 Å². The van der Waals surface area contributed by atoms with Crippen molar-refractivity contribution in [1.82, 2.24) is 19.5 Å². The first-order chi connectivity index (χ1) is 17.1. The van der Waals surface area contributed by atoms with Crippen LogP contribution in [0, 0.1) is 0 Å². The third-order valence-electron chi connectivity index (χ3n) is 6.73. The summed E-state index contributed by atoms with van der Waals surface area (Å²) in [5, 5.41) is 10.1. The van der Waals surface area contributed by atoms with E-state index >= 15 is 0 Å². The number of fused-ring (bicyclic) bond motifs is 4. The van der Waals surface area contributed by atoms with Crippen LogP contribution in [-0.2, 0) is 25.3 Å². The number of aliphatic hydroxyl groups is 1. The van der Waals surface area contributed by atoms with Crippen LogP contribution < -0.4 is 11.2 Å². The fourth-order valence-corrected chi connectivity index (χ4v) is 6.01. The quantitative estimate of drug-likeness (QED) is 0.408. The van der Waals surface area contributed by atoms with Crippen molar-refractivity contribution in [2.45, 2.75) is 40.9 Å². The van der Waals surface area contributed by atoms with Crippen LogP contribution in [0.4, 0.5) is 5.82 Å². The molecule has 3 aliphatic rings. The standard InChI is InChI=1S/C23H21BN5O5S/c25-21-18-22(27-11-26-21)29(12-28-18)23-20-19(17(9-30)32-23)33-24(34-20)16-8-15(7-6-13(16)10-31-24)35-14-4-2-1-3-5-14/h1-8,11-12,17,19-20,23,30H,9-10H2,(H2,25,26,27)/q-1/t17-,19+,20?,23-,24?/m1/s1. The molecule has 5 atom stereocenters. The first-order valence-corrected chi connectivity index (χ1v) is 12.2. The molecule has 0 saturated carbocycles. The molecule has 2 aromatic heterocycles. The monoisotopic (exact) mass is 490 g/mol. The fraction of sp³-hybridized carbons (Fsp3) is 0.261. The highest BCUT2D eigenvalue weighted by Gasteiger charge is 2.57. The molecular formula is C23H21BN5O5S-. The molecule has 2 unspecified atom stereocenters. The van der Waals surface area contributed by atoms with Crippen LogP contribution in [0.2, 0.25) is 0 Å². The average Bonchev–Trinajstić information content (AvgIpc) is 3.63. The maximum Gasteiger partial charge on any atom is 0.410 e. The second-order valence-corrected chi connectivity index (χ2v) is 9.91. The summed E-state index contributed by atoms with van der Waals surface area (Å²) >= 11 is 1.66. The number of nitrogen functional groups attached to an aromatic ring is 1. The number of rotatable bonds is 4. The van der Waals surface area contributed by atoms with Crippen molar-refractivity contribution in [2.75, 3.05) is 12.3 Å². The molecule has 0 radical (unpaired) electrons. The molecule has 10 nitrogen and oxygen atoms in total. The molecule has 1 spiro atoms. The Kier molecular flexibility index (Phi) is 4.88. The third kappa shape index (κ3) is 3.29. The molecule has 2 saturated heterocycles. The highest BCUT2D eigenvalue weighted by atomic mass is 32.2. The van der Waals surface area contributed by atoms with Crippen LogP contribution in [0.5, 0.6) is 0 Å². The van der Waals surface area contributed by atoms with E-state index < -0.39 is 31.3 Å². The van der Waals surface area contributed by atoms with E-state index in [0.29, 0.717) is 17.8 Å². The predicted octanol–water partition coefficient (Wildman–Crippen LogP) is 1.61. The van der Waals surface area contributed by atoms with Gasteiger partial charge in [-0.05, 0) is 18.2 Å². The number of ether oxygens (including phenoxy) is 1. The lowest BCUT2D eigenvalue weighted by molar-refractivity contribution is -0.0673. The molecule has 178 valence electrons. The smallest absolute Gasteiger partial charge is 0.410 e. The van der Waals surface area contributed by atoms with Gasteiger partial charge in [-0.2, -0.15) is 0 Å². The molecule has 0 amide bonds. The Bertz CT molecular complexity index is 1420. The van der Waals surface area contributed by atoms with E-state index in [1.54, 1.807) is 22.7 Å². The van der Waals surface area contributed by atoms with E-state index in [-0.39, 0.29) is 12.4 Å². The minimum Gasteiger partial charge on any atom is -0.537 e. The van der Waals surface area contributed by atoms with Crippen molar-refractivity contribution in [3.8, 4) is 0 Å².